The molecule has 3 aromatic carbocycles. The lowest BCUT2D eigenvalue weighted by Crippen LogP contribution is -2.46. The van der Waals surface area contributed by atoms with Crippen LogP contribution in [0, 0.1) is 0 Å². The van der Waals surface area contributed by atoms with Crippen molar-refractivity contribution in [1.82, 2.24) is 14.5 Å². The minimum atomic E-state index is -0.00712. The Labute approximate surface area is 189 Å². The predicted molar refractivity (Wildman–Crippen MR) is 128 cm³/mol. The Morgan fingerprint density at radius 2 is 1.56 bits per heavy atom. The number of rotatable bonds is 5. The Morgan fingerprint density at radius 3 is 2.31 bits per heavy atom. The fraction of sp³-hybridized carbons (Fsp3) is 0.259. The Kier molecular flexibility index (Phi) is 5.60. The molecular formula is C27H29N3O2. The van der Waals surface area contributed by atoms with Gasteiger partial charge in [-0.25, -0.2) is 0 Å². The number of benzene rings is 3. The molecule has 0 bridgehead atoms. The van der Waals surface area contributed by atoms with Crippen LogP contribution in [0.25, 0.3) is 22.2 Å². The minimum Gasteiger partial charge on any atom is -0.497 e. The van der Waals surface area contributed by atoms with E-state index in [2.05, 4.69) is 53.2 Å². The zero-order chi connectivity index (χ0) is 22.1. The lowest BCUT2D eigenvalue weighted by atomic mass is 9.91. The van der Waals surface area contributed by atoms with Crippen molar-refractivity contribution in [3.63, 3.8) is 0 Å². The molecule has 5 rings (SSSR count). The molecule has 0 saturated carbocycles. The smallest absolute Gasteiger partial charge is 0.119 e. The van der Waals surface area contributed by atoms with E-state index in [1.807, 2.05) is 42.5 Å². The van der Waals surface area contributed by atoms with E-state index in [4.69, 9.17) is 4.74 Å². The summed E-state index contributed by atoms with van der Waals surface area (Å²) in [7, 11) is 3.88. The summed E-state index contributed by atoms with van der Waals surface area (Å²) in [6.45, 7) is 3.94. The summed E-state index contributed by atoms with van der Waals surface area (Å²) >= 11 is 0. The fourth-order valence-electron chi connectivity index (χ4n) is 4.85. The van der Waals surface area contributed by atoms with E-state index in [1.54, 1.807) is 7.11 Å². The summed E-state index contributed by atoms with van der Waals surface area (Å²) in [6, 6.07) is 26.6. The summed E-state index contributed by atoms with van der Waals surface area (Å²) in [5.74, 6) is 0.843. The van der Waals surface area contributed by atoms with Crippen molar-refractivity contribution in [2.45, 2.75) is 6.04 Å². The standard InChI is InChI=1S/C27H29N3O2/c1-28-15-17-29(18-16-28)26(21-11-8-12-22(19-21)32-2)25-23-13-6-7-14-24(23)30(31)27(25)20-9-4-3-5-10-20/h3-14,19,26,31H,15-18H2,1-2H3/t26-/m0/s1. The summed E-state index contributed by atoms with van der Waals surface area (Å²) < 4.78 is 6.94. The van der Waals surface area contributed by atoms with Crippen molar-refractivity contribution in [1.29, 1.82) is 0 Å². The maximum atomic E-state index is 11.3. The quantitative estimate of drug-likeness (QED) is 0.461. The average Bonchev–Trinajstić information content (AvgIpc) is 3.13. The highest BCUT2D eigenvalue weighted by Gasteiger charge is 2.32. The number of hydrogen-bond acceptors (Lipinski definition) is 4. The summed E-state index contributed by atoms with van der Waals surface area (Å²) in [6.07, 6.45) is 0. The molecule has 1 saturated heterocycles. The summed E-state index contributed by atoms with van der Waals surface area (Å²) in [5, 5.41) is 12.4. The Hall–Kier alpha value is -3.28. The third-order valence-electron chi connectivity index (χ3n) is 6.52. The van der Waals surface area contributed by atoms with Gasteiger partial charge in [-0.2, -0.15) is 4.73 Å². The van der Waals surface area contributed by atoms with E-state index in [9.17, 15) is 5.21 Å². The molecule has 1 atom stereocenters. The number of aromatic nitrogens is 1. The second-order valence-electron chi connectivity index (χ2n) is 8.48. The van der Waals surface area contributed by atoms with Gasteiger partial charge in [-0.3, -0.25) is 4.90 Å². The highest BCUT2D eigenvalue weighted by Crippen LogP contribution is 2.42. The predicted octanol–water partition coefficient (Wildman–Crippen LogP) is 4.89. The van der Waals surface area contributed by atoms with Gasteiger partial charge in [-0.1, -0.05) is 60.7 Å². The summed E-state index contributed by atoms with van der Waals surface area (Å²) in [4.78, 5) is 4.90. The molecule has 5 heteroatoms. The molecule has 32 heavy (non-hydrogen) atoms. The van der Waals surface area contributed by atoms with Gasteiger partial charge in [0.25, 0.3) is 0 Å². The first-order valence-electron chi connectivity index (χ1n) is 11.1. The molecular weight excluding hydrogens is 398 g/mol. The number of nitrogens with zero attached hydrogens (tertiary/aromatic N) is 3. The molecule has 2 heterocycles. The van der Waals surface area contributed by atoms with Crippen LogP contribution in [0.1, 0.15) is 17.2 Å². The number of fused-ring (bicyclic) bond motifs is 1. The first-order valence-corrected chi connectivity index (χ1v) is 11.1. The van der Waals surface area contributed by atoms with E-state index in [-0.39, 0.29) is 6.04 Å². The lowest BCUT2D eigenvalue weighted by molar-refractivity contribution is 0.127. The molecule has 4 aromatic rings. The Morgan fingerprint density at radius 1 is 0.844 bits per heavy atom. The number of para-hydroxylation sites is 1. The van der Waals surface area contributed by atoms with E-state index in [0.717, 1.165) is 59.7 Å². The van der Waals surface area contributed by atoms with Crippen LogP contribution in [0.2, 0.25) is 0 Å². The van der Waals surface area contributed by atoms with Crippen LogP contribution in [-0.4, -0.2) is 60.1 Å². The van der Waals surface area contributed by atoms with Crippen molar-refractivity contribution in [2.75, 3.05) is 40.3 Å². The maximum Gasteiger partial charge on any atom is 0.119 e. The molecule has 0 unspecified atom stereocenters. The summed E-state index contributed by atoms with van der Waals surface area (Å²) in [5.41, 5.74) is 4.97. The molecule has 1 N–H and O–H groups in total. The number of piperazine rings is 1. The topological polar surface area (TPSA) is 40.9 Å². The van der Waals surface area contributed by atoms with Gasteiger partial charge >= 0.3 is 0 Å². The van der Waals surface area contributed by atoms with Gasteiger partial charge in [0, 0.05) is 42.7 Å². The van der Waals surface area contributed by atoms with Crippen molar-refractivity contribution in [2.24, 2.45) is 0 Å². The molecule has 1 aromatic heterocycles. The monoisotopic (exact) mass is 427 g/mol. The largest absolute Gasteiger partial charge is 0.497 e. The molecule has 5 nitrogen and oxygen atoms in total. The van der Waals surface area contributed by atoms with Crippen molar-refractivity contribution in [3.05, 3.63) is 90.0 Å². The molecule has 164 valence electrons. The van der Waals surface area contributed by atoms with E-state index in [0.29, 0.717) is 0 Å². The molecule has 1 aliphatic heterocycles. The fourth-order valence-corrected chi connectivity index (χ4v) is 4.85. The number of likely N-dealkylation sites (N-methyl/N-ethyl adjacent to an activating group) is 1. The van der Waals surface area contributed by atoms with E-state index < -0.39 is 0 Å². The lowest BCUT2D eigenvalue weighted by Gasteiger charge is -2.38. The second kappa shape index (κ2) is 8.69. The van der Waals surface area contributed by atoms with E-state index >= 15 is 0 Å². The Balaban J connectivity index is 1.78. The highest BCUT2D eigenvalue weighted by molar-refractivity contribution is 5.92. The first-order chi connectivity index (χ1) is 15.7. The van der Waals surface area contributed by atoms with Gasteiger partial charge in [0.05, 0.1) is 24.4 Å². The van der Waals surface area contributed by atoms with Crippen molar-refractivity contribution in [3.8, 4) is 17.0 Å². The minimum absolute atomic E-state index is 0.00712. The van der Waals surface area contributed by atoms with E-state index in [1.165, 1.54) is 10.3 Å². The third kappa shape index (κ3) is 3.64. The van der Waals surface area contributed by atoms with Crippen LogP contribution in [0.3, 0.4) is 0 Å². The molecule has 0 radical (unpaired) electrons. The van der Waals surface area contributed by atoms with Gasteiger partial charge in [0.15, 0.2) is 0 Å². The van der Waals surface area contributed by atoms with Gasteiger partial charge in [0.2, 0.25) is 0 Å². The van der Waals surface area contributed by atoms with Crippen molar-refractivity contribution >= 4 is 10.9 Å². The van der Waals surface area contributed by atoms with Gasteiger partial charge in [0.1, 0.15) is 5.75 Å². The van der Waals surface area contributed by atoms with Crippen LogP contribution < -0.4 is 4.74 Å². The molecule has 0 aliphatic carbocycles. The van der Waals surface area contributed by atoms with Gasteiger partial charge in [-0.05, 0) is 30.8 Å². The molecule has 0 amide bonds. The van der Waals surface area contributed by atoms with Crippen molar-refractivity contribution < 1.29 is 9.94 Å². The first kappa shape index (κ1) is 20.6. The van der Waals surface area contributed by atoms with Crippen LogP contribution in [-0.2, 0) is 0 Å². The number of methoxy groups -OCH3 is 1. The van der Waals surface area contributed by atoms with Crippen LogP contribution in [0.15, 0.2) is 78.9 Å². The SMILES string of the molecule is COc1cccc([C@@H](c2c(-c3ccccc3)n(O)c3ccccc23)N2CCN(C)CC2)c1. The van der Waals surface area contributed by atoms with Gasteiger partial charge in [-0.15, -0.1) is 0 Å². The Bertz CT molecular complexity index is 1210. The second-order valence-corrected chi connectivity index (χ2v) is 8.48. The zero-order valence-corrected chi connectivity index (χ0v) is 18.6. The number of ether oxygens (including phenoxy) is 1. The average molecular weight is 428 g/mol. The highest BCUT2D eigenvalue weighted by atomic mass is 16.5. The number of hydrogen-bond donors (Lipinski definition) is 1. The van der Waals surface area contributed by atoms with Crippen LogP contribution in [0.5, 0.6) is 5.75 Å². The maximum absolute atomic E-state index is 11.3. The van der Waals surface area contributed by atoms with Gasteiger partial charge < -0.3 is 14.8 Å². The molecule has 0 spiro atoms. The van der Waals surface area contributed by atoms with Crippen LogP contribution >= 0.6 is 0 Å². The molecule has 1 fully saturated rings. The normalized spacial score (nSPS) is 16.3. The molecule has 1 aliphatic rings. The zero-order valence-electron chi connectivity index (χ0n) is 18.6. The van der Waals surface area contributed by atoms with Crippen LogP contribution in [0.4, 0.5) is 0 Å². The third-order valence-corrected chi connectivity index (χ3v) is 6.52.